The molecule has 2 N–H and O–H groups in total. The van der Waals surface area contributed by atoms with Crippen molar-refractivity contribution in [2.45, 2.75) is 26.2 Å². The molecule has 3 aromatic carbocycles. The second-order valence-corrected chi connectivity index (χ2v) is 10.3. The monoisotopic (exact) mass is 557 g/mol. The molecule has 0 saturated carbocycles. The molecular weight excluding hydrogens is 518 g/mol. The van der Waals surface area contributed by atoms with Crippen molar-refractivity contribution in [1.82, 2.24) is 4.90 Å². The molecule has 3 amide bonds. The molecule has 0 aliphatic carbocycles. The molecule has 2 fully saturated rings. The summed E-state index contributed by atoms with van der Waals surface area (Å²) in [6.45, 7) is 7.18. The Morgan fingerprint density at radius 3 is 2.07 bits per heavy atom. The van der Waals surface area contributed by atoms with E-state index in [2.05, 4.69) is 26.5 Å². The lowest BCUT2D eigenvalue weighted by Gasteiger charge is -2.39. The Bertz CT molecular complexity index is 1330. The molecule has 3 aromatic rings. The van der Waals surface area contributed by atoms with Gasteiger partial charge in [0.15, 0.2) is 0 Å². The molecule has 2 saturated heterocycles. The van der Waals surface area contributed by atoms with E-state index in [1.165, 1.54) is 0 Å². The van der Waals surface area contributed by atoms with Crippen LogP contribution in [0.1, 0.15) is 36.5 Å². The standard InChI is InChI=1S/C32H39N5O4/c1-3-41-26-14-11-24(12-15-26)33-32(39)34-25-13-16-28(27(23-25)31(38)37-17-7-4-8-18-37)35-19-21-36(22-20-35)29-9-5-6-10-30(29)40-2/h5-6,9-16,23H,3-4,7-8,17-22H2,1-2H3,(H2,33,34,39). The summed E-state index contributed by atoms with van der Waals surface area (Å²) in [4.78, 5) is 33.1. The van der Waals surface area contributed by atoms with Crippen LogP contribution in [-0.2, 0) is 0 Å². The minimum atomic E-state index is -0.372. The molecule has 41 heavy (non-hydrogen) atoms. The number of carbonyl (C=O) groups is 2. The number of nitrogens with zero attached hydrogens (tertiary/aromatic N) is 3. The van der Waals surface area contributed by atoms with E-state index < -0.39 is 0 Å². The average molecular weight is 558 g/mol. The van der Waals surface area contributed by atoms with Crippen LogP contribution >= 0.6 is 0 Å². The summed E-state index contributed by atoms with van der Waals surface area (Å²) in [6, 6.07) is 20.6. The normalized spacial score (nSPS) is 15.3. The van der Waals surface area contributed by atoms with Crippen LogP contribution in [0.5, 0.6) is 11.5 Å². The molecule has 0 unspecified atom stereocenters. The molecular formula is C32H39N5O4. The molecule has 2 heterocycles. The van der Waals surface area contributed by atoms with E-state index in [-0.39, 0.29) is 11.9 Å². The van der Waals surface area contributed by atoms with Crippen molar-refractivity contribution in [3.63, 3.8) is 0 Å². The van der Waals surface area contributed by atoms with Gasteiger partial charge in [0.1, 0.15) is 11.5 Å². The molecule has 0 radical (unpaired) electrons. The second-order valence-electron chi connectivity index (χ2n) is 10.3. The first kappa shape index (κ1) is 28.1. The predicted molar refractivity (Wildman–Crippen MR) is 164 cm³/mol. The highest BCUT2D eigenvalue weighted by atomic mass is 16.5. The van der Waals surface area contributed by atoms with Crippen molar-refractivity contribution in [3.8, 4) is 11.5 Å². The molecule has 216 valence electrons. The van der Waals surface area contributed by atoms with Gasteiger partial charge in [-0.2, -0.15) is 0 Å². The summed E-state index contributed by atoms with van der Waals surface area (Å²) >= 11 is 0. The number of carbonyl (C=O) groups excluding carboxylic acids is 2. The van der Waals surface area contributed by atoms with Crippen molar-refractivity contribution < 1.29 is 19.1 Å². The van der Waals surface area contributed by atoms with E-state index in [1.54, 1.807) is 19.2 Å². The third-order valence-electron chi connectivity index (χ3n) is 7.60. The molecule has 9 heteroatoms. The summed E-state index contributed by atoms with van der Waals surface area (Å²) in [5, 5.41) is 5.76. The quantitative estimate of drug-likeness (QED) is 0.370. The maximum Gasteiger partial charge on any atom is 0.323 e. The van der Waals surface area contributed by atoms with Crippen LogP contribution in [0.4, 0.5) is 27.5 Å². The number of ether oxygens (including phenoxy) is 2. The van der Waals surface area contributed by atoms with Gasteiger partial charge in [0.25, 0.3) is 5.91 Å². The molecule has 9 nitrogen and oxygen atoms in total. The number of benzene rings is 3. The smallest absolute Gasteiger partial charge is 0.323 e. The van der Waals surface area contributed by atoms with Gasteiger partial charge in [0.2, 0.25) is 0 Å². The van der Waals surface area contributed by atoms with E-state index in [1.807, 2.05) is 60.4 Å². The Balaban J connectivity index is 1.32. The average Bonchev–Trinajstić information content (AvgIpc) is 3.02. The van der Waals surface area contributed by atoms with Crippen LogP contribution in [0.3, 0.4) is 0 Å². The fourth-order valence-electron chi connectivity index (χ4n) is 5.50. The lowest BCUT2D eigenvalue weighted by atomic mass is 10.1. The van der Waals surface area contributed by atoms with E-state index in [0.29, 0.717) is 23.5 Å². The first-order valence-electron chi connectivity index (χ1n) is 14.4. The van der Waals surface area contributed by atoms with Crippen molar-refractivity contribution in [3.05, 3.63) is 72.3 Å². The van der Waals surface area contributed by atoms with Gasteiger partial charge in [-0.05, 0) is 80.8 Å². The SMILES string of the molecule is CCOc1ccc(NC(=O)Nc2ccc(N3CCN(c4ccccc4OC)CC3)c(C(=O)N3CCCCC3)c2)cc1. The Morgan fingerprint density at radius 1 is 0.756 bits per heavy atom. The molecule has 0 bridgehead atoms. The van der Waals surface area contributed by atoms with Crippen LogP contribution in [0.2, 0.25) is 0 Å². The highest BCUT2D eigenvalue weighted by Gasteiger charge is 2.26. The number of piperazine rings is 1. The number of urea groups is 1. The molecule has 0 aromatic heterocycles. The Hall–Kier alpha value is -4.40. The topological polar surface area (TPSA) is 86.4 Å². The fourth-order valence-corrected chi connectivity index (χ4v) is 5.50. The van der Waals surface area contributed by atoms with E-state index in [4.69, 9.17) is 9.47 Å². The summed E-state index contributed by atoms with van der Waals surface area (Å²) in [7, 11) is 1.70. The van der Waals surface area contributed by atoms with E-state index in [9.17, 15) is 9.59 Å². The van der Waals surface area contributed by atoms with Crippen molar-refractivity contribution in [2.75, 3.05) is 73.4 Å². The number of nitrogens with one attached hydrogen (secondary N) is 2. The minimum absolute atomic E-state index is 0.0161. The number of hydrogen-bond acceptors (Lipinski definition) is 6. The van der Waals surface area contributed by atoms with Gasteiger partial charge in [-0.15, -0.1) is 0 Å². The van der Waals surface area contributed by atoms with Gasteiger partial charge >= 0.3 is 6.03 Å². The van der Waals surface area contributed by atoms with Gasteiger partial charge in [-0.25, -0.2) is 4.79 Å². The molecule has 0 atom stereocenters. The highest BCUT2D eigenvalue weighted by Crippen LogP contribution is 2.32. The van der Waals surface area contributed by atoms with Crippen LogP contribution in [-0.4, -0.2) is 69.8 Å². The molecule has 5 rings (SSSR count). The largest absolute Gasteiger partial charge is 0.495 e. The molecule has 2 aliphatic rings. The number of methoxy groups -OCH3 is 1. The van der Waals surface area contributed by atoms with Gasteiger partial charge in [-0.3, -0.25) is 4.79 Å². The summed E-state index contributed by atoms with van der Waals surface area (Å²) in [6.07, 6.45) is 3.18. The zero-order valence-electron chi connectivity index (χ0n) is 23.9. The number of likely N-dealkylation sites (tertiary alicyclic amines) is 1. The van der Waals surface area contributed by atoms with Crippen LogP contribution < -0.4 is 29.9 Å². The lowest BCUT2D eigenvalue weighted by Crippen LogP contribution is -2.47. The van der Waals surface area contributed by atoms with Gasteiger partial charge in [0, 0.05) is 56.3 Å². The van der Waals surface area contributed by atoms with Crippen molar-refractivity contribution >= 4 is 34.7 Å². The number of piperidine rings is 1. The third-order valence-corrected chi connectivity index (χ3v) is 7.60. The number of amides is 3. The first-order chi connectivity index (χ1) is 20.1. The van der Waals surface area contributed by atoms with Crippen molar-refractivity contribution in [2.24, 2.45) is 0 Å². The molecule has 0 spiro atoms. The maximum absolute atomic E-state index is 13.8. The lowest BCUT2D eigenvalue weighted by molar-refractivity contribution is 0.0725. The second kappa shape index (κ2) is 13.3. The zero-order chi connectivity index (χ0) is 28.6. The van der Waals surface area contributed by atoms with E-state index in [0.717, 1.165) is 81.4 Å². The first-order valence-corrected chi connectivity index (χ1v) is 14.4. The van der Waals surface area contributed by atoms with Gasteiger partial charge in [0.05, 0.1) is 25.0 Å². The number of rotatable bonds is 8. The molecule has 2 aliphatic heterocycles. The van der Waals surface area contributed by atoms with E-state index >= 15 is 0 Å². The number of anilines is 4. The van der Waals surface area contributed by atoms with Gasteiger partial charge < -0.3 is 34.8 Å². The van der Waals surface area contributed by atoms with Crippen LogP contribution in [0, 0.1) is 0 Å². The highest BCUT2D eigenvalue weighted by molar-refractivity contribution is 6.04. The fraction of sp³-hybridized carbons (Fsp3) is 0.375. The van der Waals surface area contributed by atoms with Crippen LogP contribution in [0.25, 0.3) is 0 Å². The Morgan fingerprint density at radius 2 is 1.39 bits per heavy atom. The Kier molecular flexibility index (Phi) is 9.13. The minimum Gasteiger partial charge on any atom is -0.495 e. The summed E-state index contributed by atoms with van der Waals surface area (Å²) < 4.78 is 11.0. The number of hydrogen-bond donors (Lipinski definition) is 2. The predicted octanol–water partition coefficient (Wildman–Crippen LogP) is 5.69. The van der Waals surface area contributed by atoms with Crippen molar-refractivity contribution in [1.29, 1.82) is 0 Å². The maximum atomic E-state index is 13.8. The van der Waals surface area contributed by atoms with Crippen LogP contribution in [0.15, 0.2) is 66.7 Å². The van der Waals surface area contributed by atoms with Gasteiger partial charge in [-0.1, -0.05) is 12.1 Å². The summed E-state index contributed by atoms with van der Waals surface area (Å²) in [5.74, 6) is 1.63. The Labute approximate surface area is 242 Å². The number of para-hydroxylation sites is 2. The third kappa shape index (κ3) is 6.85. The summed E-state index contributed by atoms with van der Waals surface area (Å²) in [5.41, 5.74) is 3.83. The zero-order valence-corrected chi connectivity index (χ0v) is 23.9.